The van der Waals surface area contributed by atoms with Crippen molar-refractivity contribution in [1.82, 2.24) is 10.3 Å². The Morgan fingerprint density at radius 1 is 1.40 bits per heavy atom. The summed E-state index contributed by atoms with van der Waals surface area (Å²) in [6.07, 6.45) is 5.83. The van der Waals surface area contributed by atoms with Crippen LogP contribution in [-0.2, 0) is 6.54 Å². The second kappa shape index (κ2) is 5.94. The topological polar surface area (TPSA) is 28.2 Å². The zero-order valence-corrected chi connectivity index (χ0v) is 13.4. The van der Waals surface area contributed by atoms with Crippen molar-refractivity contribution in [2.75, 3.05) is 23.7 Å². The molecular formula is C16H25N3S. The molecule has 0 spiro atoms. The minimum Gasteiger partial charge on any atom is -0.355 e. The minimum atomic E-state index is 0.399. The third-order valence-corrected chi connectivity index (χ3v) is 5.54. The van der Waals surface area contributed by atoms with Gasteiger partial charge in [-0.1, -0.05) is 19.9 Å². The largest absolute Gasteiger partial charge is 0.355 e. The van der Waals surface area contributed by atoms with Gasteiger partial charge >= 0.3 is 0 Å². The Balaban J connectivity index is 1.71. The smallest absolute Gasteiger partial charge is 0.133 e. The molecule has 2 heterocycles. The van der Waals surface area contributed by atoms with Crippen molar-refractivity contribution >= 4 is 17.6 Å². The Hall–Kier alpha value is -0.740. The predicted molar refractivity (Wildman–Crippen MR) is 87.5 cm³/mol. The van der Waals surface area contributed by atoms with Gasteiger partial charge in [-0.25, -0.2) is 4.98 Å². The second-order valence-corrected chi connectivity index (χ2v) is 8.29. The highest BCUT2D eigenvalue weighted by atomic mass is 32.2. The number of hydrogen-bond acceptors (Lipinski definition) is 4. The Bertz CT molecular complexity index is 457. The molecule has 3 nitrogen and oxygen atoms in total. The molecule has 1 saturated carbocycles. The molecule has 2 fully saturated rings. The summed E-state index contributed by atoms with van der Waals surface area (Å²) in [6, 6.07) is 5.03. The maximum Gasteiger partial charge on any atom is 0.133 e. The van der Waals surface area contributed by atoms with Gasteiger partial charge < -0.3 is 10.2 Å². The molecule has 1 aromatic heterocycles. The Morgan fingerprint density at radius 2 is 2.25 bits per heavy atom. The van der Waals surface area contributed by atoms with Gasteiger partial charge in [0.05, 0.1) is 0 Å². The van der Waals surface area contributed by atoms with E-state index in [2.05, 4.69) is 52.9 Å². The van der Waals surface area contributed by atoms with E-state index in [1.54, 1.807) is 0 Å². The second-order valence-electron chi connectivity index (χ2n) is 6.49. The third kappa shape index (κ3) is 3.67. The molecular weight excluding hydrogens is 266 g/mol. The Labute approximate surface area is 126 Å². The minimum absolute atomic E-state index is 0.399. The van der Waals surface area contributed by atoms with E-state index in [1.165, 1.54) is 36.4 Å². The molecule has 0 bridgehead atoms. The van der Waals surface area contributed by atoms with Gasteiger partial charge in [-0.2, -0.15) is 11.8 Å². The molecule has 20 heavy (non-hydrogen) atoms. The van der Waals surface area contributed by atoms with E-state index in [1.807, 2.05) is 6.20 Å². The number of rotatable bonds is 4. The first-order chi connectivity index (χ1) is 9.64. The fourth-order valence-electron chi connectivity index (χ4n) is 2.63. The molecule has 4 heteroatoms. The summed E-state index contributed by atoms with van der Waals surface area (Å²) in [7, 11) is 0. The summed E-state index contributed by atoms with van der Waals surface area (Å²) in [5, 5.41) is 3.61. The van der Waals surface area contributed by atoms with E-state index >= 15 is 0 Å². The van der Waals surface area contributed by atoms with Crippen LogP contribution in [0.4, 0.5) is 5.82 Å². The quantitative estimate of drug-likeness (QED) is 0.923. The van der Waals surface area contributed by atoms with Gasteiger partial charge in [0, 0.05) is 47.9 Å². The molecule has 2 aliphatic rings. The van der Waals surface area contributed by atoms with E-state index in [9.17, 15) is 0 Å². The fourth-order valence-corrected chi connectivity index (χ4v) is 3.73. The van der Waals surface area contributed by atoms with Crippen LogP contribution in [0.15, 0.2) is 18.3 Å². The molecule has 3 rings (SSSR count). The van der Waals surface area contributed by atoms with Crippen LogP contribution in [0, 0.1) is 0 Å². The van der Waals surface area contributed by atoms with Crippen LogP contribution in [0.5, 0.6) is 0 Å². The maximum atomic E-state index is 4.67. The molecule has 1 aromatic rings. The van der Waals surface area contributed by atoms with Crippen LogP contribution < -0.4 is 10.2 Å². The van der Waals surface area contributed by atoms with Gasteiger partial charge in [-0.3, -0.25) is 0 Å². The number of aromatic nitrogens is 1. The maximum absolute atomic E-state index is 4.67. The summed E-state index contributed by atoms with van der Waals surface area (Å²) in [5.74, 6) is 2.39. The zero-order chi connectivity index (χ0) is 14.0. The van der Waals surface area contributed by atoms with Gasteiger partial charge in [0.25, 0.3) is 0 Å². The molecule has 0 radical (unpaired) electrons. The van der Waals surface area contributed by atoms with Crippen molar-refractivity contribution in [1.29, 1.82) is 0 Å². The lowest BCUT2D eigenvalue weighted by molar-refractivity contribution is 0.630. The molecule has 0 unspecified atom stereocenters. The van der Waals surface area contributed by atoms with Crippen LogP contribution in [0.25, 0.3) is 0 Å². The van der Waals surface area contributed by atoms with Crippen molar-refractivity contribution in [3.05, 3.63) is 23.9 Å². The molecule has 0 amide bonds. The van der Waals surface area contributed by atoms with E-state index in [4.69, 9.17) is 0 Å². The van der Waals surface area contributed by atoms with Crippen molar-refractivity contribution in [2.45, 2.75) is 50.4 Å². The van der Waals surface area contributed by atoms with E-state index < -0.39 is 0 Å². The molecule has 0 aromatic carbocycles. The van der Waals surface area contributed by atoms with Gasteiger partial charge in [0.1, 0.15) is 5.82 Å². The van der Waals surface area contributed by atoms with E-state index in [0.717, 1.165) is 25.7 Å². The van der Waals surface area contributed by atoms with Gasteiger partial charge in [0.15, 0.2) is 0 Å². The van der Waals surface area contributed by atoms with Crippen LogP contribution >= 0.6 is 11.8 Å². The standard InChI is InChI=1S/C16H25N3S/c1-16(2)7-9-19(10-11-20-16)15-13(4-3-8-17-15)12-18-14-5-6-14/h3-4,8,14,18H,5-7,9-12H2,1-2H3. The van der Waals surface area contributed by atoms with Crippen molar-refractivity contribution in [3.63, 3.8) is 0 Å². The number of nitrogens with one attached hydrogen (secondary N) is 1. The van der Waals surface area contributed by atoms with Crippen molar-refractivity contribution < 1.29 is 0 Å². The SMILES string of the molecule is CC1(C)CCN(c2ncccc2CNC2CC2)CCS1. The monoisotopic (exact) mass is 291 g/mol. The van der Waals surface area contributed by atoms with Crippen LogP contribution in [0.3, 0.4) is 0 Å². The molecule has 1 aliphatic heterocycles. The van der Waals surface area contributed by atoms with Gasteiger partial charge in [0.2, 0.25) is 0 Å². The summed E-state index contributed by atoms with van der Waals surface area (Å²) in [6.45, 7) is 7.90. The van der Waals surface area contributed by atoms with Crippen LogP contribution in [-0.4, -0.2) is 34.6 Å². The number of nitrogens with zero attached hydrogens (tertiary/aromatic N) is 2. The highest BCUT2D eigenvalue weighted by Crippen LogP contribution is 2.32. The van der Waals surface area contributed by atoms with Gasteiger partial charge in [-0.15, -0.1) is 0 Å². The Morgan fingerprint density at radius 3 is 3.05 bits per heavy atom. The summed E-state index contributed by atoms with van der Waals surface area (Å²) >= 11 is 2.09. The molecule has 1 saturated heterocycles. The Kier molecular flexibility index (Phi) is 4.22. The zero-order valence-electron chi connectivity index (χ0n) is 12.6. The van der Waals surface area contributed by atoms with Crippen LogP contribution in [0.1, 0.15) is 38.7 Å². The molecule has 110 valence electrons. The first-order valence-corrected chi connectivity index (χ1v) is 8.69. The average molecular weight is 291 g/mol. The van der Waals surface area contributed by atoms with Crippen LogP contribution in [0.2, 0.25) is 0 Å². The summed E-state index contributed by atoms with van der Waals surface area (Å²) in [5.41, 5.74) is 1.35. The van der Waals surface area contributed by atoms with Crippen molar-refractivity contribution in [3.8, 4) is 0 Å². The molecule has 0 atom stereocenters. The number of anilines is 1. The van der Waals surface area contributed by atoms with E-state index in [-0.39, 0.29) is 0 Å². The third-order valence-electron chi connectivity index (χ3n) is 4.16. The van der Waals surface area contributed by atoms with Crippen molar-refractivity contribution in [2.24, 2.45) is 0 Å². The van der Waals surface area contributed by atoms with E-state index in [0.29, 0.717) is 4.75 Å². The molecule has 1 aliphatic carbocycles. The normalized spacial score (nSPS) is 22.6. The highest BCUT2D eigenvalue weighted by molar-refractivity contribution is 8.00. The predicted octanol–water partition coefficient (Wildman–Crippen LogP) is 3.06. The summed E-state index contributed by atoms with van der Waals surface area (Å²) in [4.78, 5) is 7.14. The number of hydrogen-bond donors (Lipinski definition) is 1. The lowest BCUT2D eigenvalue weighted by atomic mass is 10.1. The summed E-state index contributed by atoms with van der Waals surface area (Å²) < 4.78 is 0.399. The fraction of sp³-hybridized carbons (Fsp3) is 0.688. The van der Waals surface area contributed by atoms with Gasteiger partial charge in [-0.05, 0) is 25.3 Å². The molecule has 1 N–H and O–H groups in total. The lowest BCUT2D eigenvalue weighted by Crippen LogP contribution is -2.29. The number of thioether (sulfide) groups is 1. The average Bonchev–Trinajstić information content (AvgIpc) is 3.25. The first kappa shape index (κ1) is 14.2. The lowest BCUT2D eigenvalue weighted by Gasteiger charge is -2.25. The first-order valence-electron chi connectivity index (χ1n) is 7.70. The number of pyridine rings is 1. The highest BCUT2D eigenvalue weighted by Gasteiger charge is 2.26.